The molecular weight excluding hydrogens is 218 g/mol. The van der Waals surface area contributed by atoms with Gasteiger partial charge in [0.2, 0.25) is 0 Å². The number of carbonyl (C=O) groups is 2. The second-order valence-electron chi connectivity index (χ2n) is 3.50. The van der Waals surface area contributed by atoms with E-state index in [1.54, 1.807) is 12.1 Å². The number of aldehydes is 1. The lowest BCUT2D eigenvalue weighted by molar-refractivity contribution is -0.139. The first-order valence-corrected chi connectivity index (χ1v) is 5.24. The molecule has 0 heterocycles. The van der Waals surface area contributed by atoms with Gasteiger partial charge in [-0.2, -0.15) is 5.26 Å². The topological polar surface area (TPSA) is 67.2 Å². The fraction of sp³-hybridized carbons (Fsp3) is 0.308. The molecule has 0 unspecified atom stereocenters. The second kappa shape index (κ2) is 5.80. The molecule has 0 aromatic heterocycles. The van der Waals surface area contributed by atoms with Crippen LogP contribution in [0.3, 0.4) is 0 Å². The molecule has 0 aliphatic rings. The van der Waals surface area contributed by atoms with Gasteiger partial charge in [0.05, 0.1) is 25.2 Å². The number of carbonyl (C=O) groups excluding carboxylic acids is 2. The predicted octanol–water partition coefficient (Wildman–Crippen LogP) is 1.65. The van der Waals surface area contributed by atoms with Crippen molar-refractivity contribution in [2.45, 2.75) is 19.8 Å². The molecule has 0 saturated carbocycles. The average molecular weight is 231 g/mol. The van der Waals surface area contributed by atoms with Crippen molar-refractivity contribution in [3.63, 3.8) is 0 Å². The van der Waals surface area contributed by atoms with Crippen LogP contribution >= 0.6 is 0 Å². The highest BCUT2D eigenvalue weighted by Crippen LogP contribution is 2.19. The number of hydrogen-bond donors (Lipinski definition) is 0. The molecule has 1 aromatic carbocycles. The third-order valence-corrected chi connectivity index (χ3v) is 2.61. The first-order valence-electron chi connectivity index (χ1n) is 5.24. The van der Waals surface area contributed by atoms with Crippen LogP contribution in [0.25, 0.3) is 0 Å². The number of hydrogen-bond acceptors (Lipinski definition) is 4. The van der Waals surface area contributed by atoms with Gasteiger partial charge in [-0.15, -0.1) is 0 Å². The highest BCUT2D eigenvalue weighted by Gasteiger charge is 2.13. The van der Waals surface area contributed by atoms with Gasteiger partial charge in [0, 0.05) is 5.56 Å². The van der Waals surface area contributed by atoms with E-state index in [1.807, 2.05) is 13.0 Å². The van der Waals surface area contributed by atoms with Gasteiger partial charge in [0.25, 0.3) is 0 Å². The number of ether oxygens (including phenoxy) is 1. The number of rotatable bonds is 4. The van der Waals surface area contributed by atoms with Gasteiger partial charge >= 0.3 is 5.97 Å². The highest BCUT2D eigenvalue weighted by atomic mass is 16.5. The Hall–Kier alpha value is -2.15. The molecule has 0 N–H and O–H groups in total. The molecule has 1 aromatic rings. The molecule has 88 valence electrons. The molecule has 0 bridgehead atoms. The van der Waals surface area contributed by atoms with Gasteiger partial charge in [-0.25, -0.2) is 0 Å². The number of methoxy groups -OCH3 is 1. The maximum atomic E-state index is 11.2. The summed E-state index contributed by atoms with van der Waals surface area (Å²) in [6, 6.07) is 5.22. The van der Waals surface area contributed by atoms with E-state index >= 15 is 0 Å². The number of benzene rings is 1. The number of nitriles is 1. The van der Waals surface area contributed by atoms with Crippen LogP contribution in [-0.2, 0) is 22.4 Å². The summed E-state index contributed by atoms with van der Waals surface area (Å²) in [5.74, 6) is -0.360. The minimum absolute atomic E-state index is 0.117. The average Bonchev–Trinajstić information content (AvgIpc) is 2.37. The Morgan fingerprint density at radius 1 is 1.53 bits per heavy atom. The first-order chi connectivity index (χ1) is 8.17. The largest absolute Gasteiger partial charge is 0.469 e. The molecule has 0 saturated heterocycles. The molecule has 0 aliphatic carbocycles. The van der Waals surface area contributed by atoms with E-state index in [0.717, 1.165) is 11.1 Å². The Bertz CT molecular complexity index is 486. The molecule has 4 nitrogen and oxygen atoms in total. The summed E-state index contributed by atoms with van der Waals surface area (Å²) in [4.78, 5) is 22.2. The maximum absolute atomic E-state index is 11.2. The van der Waals surface area contributed by atoms with E-state index in [4.69, 9.17) is 5.26 Å². The van der Waals surface area contributed by atoms with E-state index < -0.39 is 0 Å². The summed E-state index contributed by atoms with van der Waals surface area (Å²) >= 11 is 0. The van der Waals surface area contributed by atoms with Crippen LogP contribution in [0.15, 0.2) is 12.1 Å². The molecule has 0 radical (unpaired) electrons. The maximum Gasteiger partial charge on any atom is 0.309 e. The highest BCUT2D eigenvalue weighted by molar-refractivity contribution is 5.83. The summed E-state index contributed by atoms with van der Waals surface area (Å²) in [5, 5.41) is 8.89. The molecule has 17 heavy (non-hydrogen) atoms. The van der Waals surface area contributed by atoms with Crippen LogP contribution in [0.4, 0.5) is 0 Å². The zero-order chi connectivity index (χ0) is 12.8. The SMILES string of the molecule is CCc1c(CC(=O)OC)ccc(C#N)c1C=O. The van der Waals surface area contributed by atoms with Crippen molar-refractivity contribution in [3.05, 3.63) is 34.4 Å². The lowest BCUT2D eigenvalue weighted by Gasteiger charge is -2.10. The first kappa shape index (κ1) is 12.9. The van der Waals surface area contributed by atoms with Gasteiger partial charge in [-0.1, -0.05) is 13.0 Å². The molecule has 0 amide bonds. The molecule has 4 heteroatoms. The fourth-order valence-corrected chi connectivity index (χ4v) is 1.75. The summed E-state index contributed by atoms with van der Waals surface area (Å²) in [5.41, 5.74) is 2.19. The number of esters is 1. The molecule has 0 fully saturated rings. The zero-order valence-corrected chi connectivity index (χ0v) is 9.82. The summed E-state index contributed by atoms with van der Waals surface area (Å²) in [6.45, 7) is 1.88. The Balaban J connectivity index is 3.29. The van der Waals surface area contributed by atoms with Crippen molar-refractivity contribution >= 4 is 12.3 Å². The van der Waals surface area contributed by atoms with Gasteiger partial charge in [0.15, 0.2) is 6.29 Å². The normalized spacial score (nSPS) is 9.47. The van der Waals surface area contributed by atoms with E-state index in [0.29, 0.717) is 23.8 Å². The summed E-state index contributed by atoms with van der Waals surface area (Å²) in [7, 11) is 1.32. The Morgan fingerprint density at radius 2 is 2.24 bits per heavy atom. The monoisotopic (exact) mass is 231 g/mol. The van der Waals surface area contributed by atoms with Crippen molar-refractivity contribution in [3.8, 4) is 6.07 Å². The van der Waals surface area contributed by atoms with Crippen LogP contribution in [0.5, 0.6) is 0 Å². The van der Waals surface area contributed by atoms with Crippen LogP contribution in [0.2, 0.25) is 0 Å². The molecule has 0 aliphatic heterocycles. The van der Waals surface area contributed by atoms with Crippen molar-refractivity contribution in [1.29, 1.82) is 5.26 Å². The quantitative estimate of drug-likeness (QED) is 0.583. The molecule has 1 rings (SSSR count). The lowest BCUT2D eigenvalue weighted by Crippen LogP contribution is -2.09. The van der Waals surface area contributed by atoms with E-state index in [-0.39, 0.29) is 12.4 Å². The predicted molar refractivity (Wildman–Crippen MR) is 61.6 cm³/mol. The minimum Gasteiger partial charge on any atom is -0.469 e. The lowest BCUT2D eigenvalue weighted by atomic mass is 9.94. The van der Waals surface area contributed by atoms with Gasteiger partial charge < -0.3 is 4.74 Å². The van der Waals surface area contributed by atoms with Gasteiger partial charge in [0.1, 0.15) is 0 Å². The van der Waals surface area contributed by atoms with Crippen molar-refractivity contribution in [1.82, 2.24) is 0 Å². The minimum atomic E-state index is -0.360. The van der Waals surface area contributed by atoms with Crippen molar-refractivity contribution < 1.29 is 14.3 Å². The van der Waals surface area contributed by atoms with Crippen molar-refractivity contribution in [2.24, 2.45) is 0 Å². The second-order valence-corrected chi connectivity index (χ2v) is 3.50. The fourth-order valence-electron chi connectivity index (χ4n) is 1.75. The van der Waals surface area contributed by atoms with E-state index in [9.17, 15) is 9.59 Å². The standard InChI is InChI=1S/C13H13NO3/c1-3-11-9(6-13(16)17-2)4-5-10(7-14)12(11)8-15/h4-5,8H,3,6H2,1-2H3. The smallest absolute Gasteiger partial charge is 0.309 e. The third-order valence-electron chi connectivity index (χ3n) is 2.61. The molecule has 0 atom stereocenters. The zero-order valence-electron chi connectivity index (χ0n) is 9.82. The summed E-state index contributed by atoms with van der Waals surface area (Å²) in [6.07, 6.45) is 1.38. The Morgan fingerprint density at radius 3 is 2.71 bits per heavy atom. The Kier molecular flexibility index (Phi) is 4.41. The summed E-state index contributed by atoms with van der Waals surface area (Å²) < 4.78 is 4.59. The van der Waals surface area contributed by atoms with Crippen molar-refractivity contribution in [2.75, 3.05) is 7.11 Å². The third kappa shape index (κ3) is 2.70. The van der Waals surface area contributed by atoms with Crippen LogP contribution in [0, 0.1) is 11.3 Å². The van der Waals surface area contributed by atoms with Crippen LogP contribution < -0.4 is 0 Å². The molecular formula is C13H13NO3. The number of nitrogens with zero attached hydrogens (tertiary/aromatic N) is 1. The Labute approximate surface area is 99.8 Å². The van der Waals surface area contributed by atoms with Crippen LogP contribution in [0.1, 0.15) is 34.0 Å². The van der Waals surface area contributed by atoms with E-state index in [2.05, 4.69) is 4.74 Å². The molecule has 0 spiro atoms. The van der Waals surface area contributed by atoms with E-state index in [1.165, 1.54) is 7.11 Å². The van der Waals surface area contributed by atoms with Gasteiger partial charge in [-0.3, -0.25) is 9.59 Å². The van der Waals surface area contributed by atoms with Gasteiger partial charge in [-0.05, 0) is 23.6 Å². The van der Waals surface area contributed by atoms with Crippen LogP contribution in [-0.4, -0.2) is 19.4 Å².